The van der Waals surface area contributed by atoms with Gasteiger partial charge in [-0.05, 0) is 0 Å². The van der Waals surface area contributed by atoms with Gasteiger partial charge in [-0.25, -0.2) is 34.7 Å². The van der Waals surface area contributed by atoms with Crippen LogP contribution in [-0.4, -0.2) is 58.6 Å². The van der Waals surface area contributed by atoms with Gasteiger partial charge in [-0.3, -0.25) is 4.79 Å². The number of rotatable bonds is 10. The van der Waals surface area contributed by atoms with Gasteiger partial charge in [0.2, 0.25) is 35.3 Å². The predicted octanol–water partition coefficient (Wildman–Crippen LogP) is 2.37. The van der Waals surface area contributed by atoms with Crippen molar-refractivity contribution in [1.29, 1.82) is 0 Å². The fourth-order valence-electron chi connectivity index (χ4n) is 3.36. The first-order valence-electron chi connectivity index (χ1n) is 11.6. The average Bonchev–Trinajstić information content (AvgIpc) is 3.83. The molecule has 0 unspecified atom stereocenters. The third-order valence-electron chi connectivity index (χ3n) is 5.41. The quantitative estimate of drug-likeness (QED) is 0.182. The molecule has 6 rings (SSSR count). The van der Waals surface area contributed by atoms with Crippen LogP contribution in [0.3, 0.4) is 0 Å². The number of nitrogens with zero attached hydrogens (tertiary/aromatic N) is 6. The molecule has 6 aromatic rings. The summed E-state index contributed by atoms with van der Waals surface area (Å²) in [7, 11) is 0. The Labute approximate surface area is 231 Å². The standard InChI is InChI=1S/C24H16N8O10/c1-9(18-28-12(4-37-18)21-31-15(7-40-21)23-32-16(8-42-23)24(35)36)26-17(34)11-3-39-20(27-11)14-6-41-22(30-14)13-5-38-19(29-13)10(25)2-33/h3-8,10,33H,1-2,25H2,(H,26,34)(H,35,36)/t10-/m0/s1. The van der Waals surface area contributed by atoms with Gasteiger partial charge in [-0.15, -0.1) is 0 Å². The van der Waals surface area contributed by atoms with Gasteiger partial charge in [0.05, 0.1) is 12.3 Å². The highest BCUT2D eigenvalue weighted by molar-refractivity contribution is 5.97. The summed E-state index contributed by atoms with van der Waals surface area (Å²) in [5, 5.41) is 20.6. The lowest BCUT2D eigenvalue weighted by Gasteiger charge is -2.01. The maximum atomic E-state index is 12.7. The lowest BCUT2D eigenvalue weighted by molar-refractivity contribution is 0.0690. The third-order valence-corrected chi connectivity index (χ3v) is 5.41. The van der Waals surface area contributed by atoms with E-state index in [0.717, 1.165) is 12.5 Å². The zero-order valence-corrected chi connectivity index (χ0v) is 20.9. The van der Waals surface area contributed by atoms with Crippen molar-refractivity contribution in [2.45, 2.75) is 6.04 Å². The number of carboxylic acid groups (broad SMARTS) is 1. The molecule has 0 aromatic carbocycles. The molecule has 5 N–H and O–H groups in total. The topological polar surface area (TPSA) is 269 Å². The summed E-state index contributed by atoms with van der Waals surface area (Å²) in [5.41, 5.74) is 5.96. The Bertz CT molecular complexity index is 1920. The van der Waals surface area contributed by atoms with Crippen LogP contribution >= 0.6 is 0 Å². The van der Waals surface area contributed by atoms with Crippen molar-refractivity contribution in [2.75, 3.05) is 6.61 Å². The van der Waals surface area contributed by atoms with Crippen LogP contribution in [0.15, 0.2) is 70.7 Å². The van der Waals surface area contributed by atoms with E-state index in [4.69, 9.17) is 42.4 Å². The number of carbonyl (C=O) groups is 2. The van der Waals surface area contributed by atoms with Gasteiger partial charge in [-0.2, -0.15) is 0 Å². The Balaban J connectivity index is 1.10. The van der Waals surface area contributed by atoms with Gasteiger partial charge in [0.15, 0.2) is 34.2 Å². The number of aromatic carboxylic acids is 1. The molecule has 0 saturated carbocycles. The van der Waals surface area contributed by atoms with Crippen molar-refractivity contribution in [3.8, 4) is 46.3 Å². The molecule has 0 fully saturated rings. The van der Waals surface area contributed by atoms with Crippen molar-refractivity contribution in [3.05, 3.63) is 67.3 Å². The van der Waals surface area contributed by atoms with Crippen LogP contribution in [0.4, 0.5) is 0 Å². The van der Waals surface area contributed by atoms with Gasteiger partial charge in [0.1, 0.15) is 43.6 Å². The maximum Gasteiger partial charge on any atom is 0.357 e. The smallest absolute Gasteiger partial charge is 0.357 e. The van der Waals surface area contributed by atoms with Crippen LogP contribution in [0.1, 0.15) is 38.8 Å². The number of nitrogens with one attached hydrogen (secondary N) is 1. The number of hydrogen-bond donors (Lipinski definition) is 4. The third kappa shape index (κ3) is 4.96. The maximum absolute atomic E-state index is 12.7. The summed E-state index contributed by atoms with van der Waals surface area (Å²) in [4.78, 5) is 48.3. The summed E-state index contributed by atoms with van der Waals surface area (Å²) < 4.78 is 31.8. The van der Waals surface area contributed by atoms with Gasteiger partial charge < -0.3 is 47.8 Å². The number of carboxylic acids is 1. The summed E-state index contributed by atoms with van der Waals surface area (Å²) in [5.74, 6) is -1.89. The van der Waals surface area contributed by atoms with Gasteiger partial charge in [0, 0.05) is 0 Å². The van der Waals surface area contributed by atoms with E-state index in [1.165, 1.54) is 25.1 Å². The second-order valence-electron chi connectivity index (χ2n) is 8.29. The van der Waals surface area contributed by atoms with E-state index in [9.17, 15) is 9.59 Å². The Kier molecular flexibility index (Phi) is 6.49. The van der Waals surface area contributed by atoms with Gasteiger partial charge >= 0.3 is 5.97 Å². The van der Waals surface area contributed by atoms with Crippen molar-refractivity contribution in [2.24, 2.45) is 5.73 Å². The second kappa shape index (κ2) is 10.4. The Morgan fingerprint density at radius 2 is 1.24 bits per heavy atom. The molecule has 0 radical (unpaired) electrons. The molecule has 18 nitrogen and oxygen atoms in total. The number of aromatic nitrogens is 6. The Hall–Kier alpha value is -6.14. The molecule has 1 atom stereocenters. The van der Waals surface area contributed by atoms with Crippen molar-refractivity contribution in [3.63, 3.8) is 0 Å². The summed E-state index contributed by atoms with van der Waals surface area (Å²) in [6.45, 7) is 3.39. The minimum Gasteiger partial charge on any atom is -0.476 e. The highest BCUT2D eigenvalue weighted by Crippen LogP contribution is 2.27. The molecule has 6 heterocycles. The fraction of sp³-hybridized carbons (Fsp3) is 0.0833. The van der Waals surface area contributed by atoms with Crippen LogP contribution in [-0.2, 0) is 0 Å². The molecule has 42 heavy (non-hydrogen) atoms. The fourth-order valence-corrected chi connectivity index (χ4v) is 3.36. The van der Waals surface area contributed by atoms with E-state index >= 15 is 0 Å². The number of aliphatic hydroxyl groups is 1. The van der Waals surface area contributed by atoms with E-state index < -0.39 is 17.9 Å². The molecular formula is C24H16N8O10. The largest absolute Gasteiger partial charge is 0.476 e. The Morgan fingerprint density at radius 1 is 0.738 bits per heavy atom. The van der Waals surface area contributed by atoms with Crippen LogP contribution in [0, 0.1) is 0 Å². The van der Waals surface area contributed by atoms with Crippen LogP contribution < -0.4 is 11.1 Å². The van der Waals surface area contributed by atoms with E-state index in [2.05, 4.69) is 41.8 Å². The summed E-state index contributed by atoms with van der Waals surface area (Å²) in [6.07, 6.45) is 7.01. The summed E-state index contributed by atoms with van der Waals surface area (Å²) >= 11 is 0. The van der Waals surface area contributed by atoms with Crippen molar-refractivity contribution in [1.82, 2.24) is 35.2 Å². The van der Waals surface area contributed by atoms with Gasteiger partial charge in [0.25, 0.3) is 5.91 Å². The first-order valence-corrected chi connectivity index (χ1v) is 11.6. The second-order valence-corrected chi connectivity index (χ2v) is 8.29. The molecule has 212 valence electrons. The van der Waals surface area contributed by atoms with E-state index in [1.54, 1.807) is 0 Å². The number of carbonyl (C=O) groups excluding carboxylic acids is 1. The van der Waals surface area contributed by atoms with Crippen molar-refractivity contribution < 1.29 is 46.3 Å². The molecule has 18 heteroatoms. The van der Waals surface area contributed by atoms with E-state index in [0.29, 0.717) is 0 Å². The lowest BCUT2D eigenvalue weighted by Crippen LogP contribution is -2.21. The molecule has 0 saturated heterocycles. The molecule has 0 aliphatic rings. The van der Waals surface area contributed by atoms with Gasteiger partial charge in [-0.1, -0.05) is 6.58 Å². The number of aliphatic hydroxyl groups excluding tert-OH is 1. The molecule has 0 bridgehead atoms. The molecular weight excluding hydrogens is 560 g/mol. The van der Waals surface area contributed by atoms with E-state index in [-0.39, 0.29) is 81.8 Å². The van der Waals surface area contributed by atoms with Crippen molar-refractivity contribution >= 4 is 17.6 Å². The highest BCUT2D eigenvalue weighted by Gasteiger charge is 2.22. The normalized spacial score (nSPS) is 12.0. The number of nitrogens with two attached hydrogens (primary N) is 1. The molecule has 0 aliphatic heterocycles. The SMILES string of the molecule is C=C(NC(=O)c1coc(-c2coc(-c3coc([C@@H](N)CO)n3)n2)n1)c1nc(-c2nc(-c3nc(C(=O)O)co3)co2)co1. The van der Waals surface area contributed by atoms with Crippen LogP contribution in [0.5, 0.6) is 0 Å². The first kappa shape index (κ1) is 26.1. The zero-order chi connectivity index (χ0) is 29.4. The van der Waals surface area contributed by atoms with E-state index in [1.807, 2.05) is 0 Å². The number of amides is 1. The number of oxazole rings is 6. The molecule has 0 spiro atoms. The summed E-state index contributed by atoms with van der Waals surface area (Å²) in [6, 6.07) is -0.797. The van der Waals surface area contributed by atoms with Crippen LogP contribution in [0.25, 0.3) is 52.0 Å². The molecule has 0 aliphatic carbocycles. The lowest BCUT2D eigenvalue weighted by atomic mass is 10.3. The van der Waals surface area contributed by atoms with Crippen LogP contribution in [0.2, 0.25) is 0 Å². The number of hydrogen-bond acceptors (Lipinski definition) is 16. The zero-order valence-electron chi connectivity index (χ0n) is 20.9. The highest BCUT2D eigenvalue weighted by atomic mass is 16.4. The Morgan fingerprint density at radius 3 is 1.86 bits per heavy atom. The monoisotopic (exact) mass is 576 g/mol. The predicted molar refractivity (Wildman–Crippen MR) is 132 cm³/mol. The average molecular weight is 576 g/mol. The minimum absolute atomic E-state index is 0.00646. The molecule has 1 amide bonds. The minimum atomic E-state index is -1.26. The first-order chi connectivity index (χ1) is 20.3. The molecule has 6 aromatic heterocycles.